The van der Waals surface area contributed by atoms with Crippen LogP contribution in [0.25, 0.3) is 20.8 Å². The zero-order chi connectivity index (χ0) is 28.9. The molecule has 8 nitrogen and oxygen atoms in total. The number of thiazole rings is 1. The monoisotopic (exact) mass is 608 g/mol. The Morgan fingerprint density at radius 1 is 1.00 bits per heavy atom. The number of thiophene rings is 1. The topological polar surface area (TPSA) is 99.7 Å². The zero-order valence-corrected chi connectivity index (χ0v) is 25.7. The molecule has 2 amide bonds. The Bertz CT molecular complexity index is 1700. The number of hydrogen-bond donors (Lipinski definition) is 1. The van der Waals surface area contributed by atoms with Crippen molar-refractivity contribution >= 4 is 59.7 Å². The Morgan fingerprint density at radius 3 is 2.39 bits per heavy atom. The van der Waals surface area contributed by atoms with Crippen molar-refractivity contribution < 1.29 is 18.0 Å². The van der Waals surface area contributed by atoms with Crippen LogP contribution in [-0.4, -0.2) is 54.1 Å². The number of aromatic nitrogens is 1. The molecule has 0 bridgehead atoms. The Hall–Kier alpha value is -3.12. The van der Waals surface area contributed by atoms with Crippen molar-refractivity contribution in [1.82, 2.24) is 14.2 Å². The Kier molecular flexibility index (Phi) is 7.48. The second-order valence-electron chi connectivity index (χ2n) is 11.1. The van der Waals surface area contributed by atoms with Crippen molar-refractivity contribution in [2.24, 2.45) is 11.8 Å². The van der Waals surface area contributed by atoms with E-state index in [2.05, 4.69) is 19.2 Å². The lowest BCUT2D eigenvalue weighted by atomic mass is 9.94. The van der Waals surface area contributed by atoms with Crippen LogP contribution in [0.4, 0.5) is 5.00 Å². The maximum atomic E-state index is 13.5. The predicted octanol–water partition coefficient (Wildman–Crippen LogP) is 5.85. The van der Waals surface area contributed by atoms with Gasteiger partial charge in [0.25, 0.3) is 5.91 Å². The molecule has 41 heavy (non-hydrogen) atoms. The first-order chi connectivity index (χ1) is 19.6. The highest BCUT2D eigenvalue weighted by molar-refractivity contribution is 7.89. The second-order valence-corrected chi connectivity index (χ2v) is 15.2. The van der Waals surface area contributed by atoms with Crippen molar-refractivity contribution in [2.45, 2.75) is 45.1 Å². The van der Waals surface area contributed by atoms with Gasteiger partial charge in [0, 0.05) is 42.6 Å². The molecule has 4 aromatic rings. The predicted molar refractivity (Wildman–Crippen MR) is 164 cm³/mol. The molecule has 2 aliphatic rings. The fraction of sp³-hybridized carbons (Fsp3) is 0.367. The number of sulfonamides is 1. The number of anilines is 1. The van der Waals surface area contributed by atoms with E-state index in [1.165, 1.54) is 23.5 Å². The van der Waals surface area contributed by atoms with Gasteiger partial charge in [-0.15, -0.1) is 22.7 Å². The van der Waals surface area contributed by atoms with Gasteiger partial charge in [-0.05, 0) is 66.6 Å². The van der Waals surface area contributed by atoms with Gasteiger partial charge in [0.15, 0.2) is 0 Å². The lowest BCUT2D eigenvalue weighted by molar-refractivity contribution is -0.129. The number of rotatable bonds is 5. The molecular weight excluding hydrogens is 577 g/mol. The van der Waals surface area contributed by atoms with Gasteiger partial charge >= 0.3 is 0 Å². The summed E-state index contributed by atoms with van der Waals surface area (Å²) in [6, 6.07) is 14.1. The molecule has 0 spiro atoms. The molecule has 1 fully saturated rings. The third kappa shape index (κ3) is 5.43. The van der Waals surface area contributed by atoms with Crippen molar-refractivity contribution in [3.05, 3.63) is 64.5 Å². The number of benzene rings is 2. The van der Waals surface area contributed by atoms with E-state index in [9.17, 15) is 18.0 Å². The molecule has 214 valence electrons. The molecule has 1 saturated heterocycles. The largest absolute Gasteiger partial charge is 0.337 e. The van der Waals surface area contributed by atoms with Crippen LogP contribution >= 0.6 is 22.7 Å². The number of hydrogen-bond acceptors (Lipinski definition) is 7. The summed E-state index contributed by atoms with van der Waals surface area (Å²) in [4.78, 5) is 33.5. The SMILES string of the molecule is CC(=O)N1CCc2c(sc(NC(=O)c3ccc(S(=O)(=O)N4CC(C)CC(C)C4)cc3)c2-c2nc3ccccc3s2)C1. The highest BCUT2D eigenvalue weighted by atomic mass is 32.2. The molecule has 0 saturated carbocycles. The number of para-hydroxylation sites is 1. The second kappa shape index (κ2) is 10.9. The minimum atomic E-state index is -3.63. The smallest absolute Gasteiger partial charge is 0.256 e. The van der Waals surface area contributed by atoms with Gasteiger partial charge in [-0.1, -0.05) is 26.0 Å². The van der Waals surface area contributed by atoms with Crippen molar-refractivity contribution in [3.8, 4) is 10.6 Å². The summed E-state index contributed by atoms with van der Waals surface area (Å²) in [5, 5.41) is 4.61. The van der Waals surface area contributed by atoms with Crippen LogP contribution in [0.5, 0.6) is 0 Å². The summed E-state index contributed by atoms with van der Waals surface area (Å²) in [6.07, 6.45) is 1.70. The lowest BCUT2D eigenvalue weighted by Gasteiger charge is -2.34. The van der Waals surface area contributed by atoms with E-state index >= 15 is 0 Å². The van der Waals surface area contributed by atoms with Crippen LogP contribution in [0.2, 0.25) is 0 Å². The molecule has 2 atom stereocenters. The fourth-order valence-electron chi connectivity index (χ4n) is 5.87. The van der Waals surface area contributed by atoms with E-state index in [-0.39, 0.29) is 16.7 Å². The molecule has 0 radical (unpaired) electrons. The van der Waals surface area contributed by atoms with Gasteiger partial charge in [0.05, 0.1) is 21.7 Å². The summed E-state index contributed by atoms with van der Waals surface area (Å²) in [5.74, 6) is 0.322. The van der Waals surface area contributed by atoms with E-state index in [4.69, 9.17) is 4.98 Å². The van der Waals surface area contributed by atoms with E-state index < -0.39 is 10.0 Å². The summed E-state index contributed by atoms with van der Waals surface area (Å²) < 4.78 is 29.2. The number of carbonyl (C=O) groups is 2. The molecule has 2 aromatic carbocycles. The maximum absolute atomic E-state index is 13.5. The maximum Gasteiger partial charge on any atom is 0.256 e. The van der Waals surface area contributed by atoms with Crippen molar-refractivity contribution in [3.63, 3.8) is 0 Å². The molecule has 11 heteroatoms. The average molecular weight is 609 g/mol. The Morgan fingerprint density at radius 2 is 1.71 bits per heavy atom. The number of fused-ring (bicyclic) bond motifs is 2. The van der Waals surface area contributed by atoms with Crippen LogP contribution in [-0.2, 0) is 27.8 Å². The van der Waals surface area contributed by atoms with Gasteiger partial charge in [-0.25, -0.2) is 13.4 Å². The van der Waals surface area contributed by atoms with Gasteiger partial charge in [-0.3, -0.25) is 9.59 Å². The molecule has 2 aromatic heterocycles. The molecular formula is C30H32N4O4S3. The van der Waals surface area contributed by atoms with Crippen molar-refractivity contribution in [1.29, 1.82) is 0 Å². The van der Waals surface area contributed by atoms with E-state index in [0.717, 1.165) is 37.6 Å². The first kappa shape index (κ1) is 28.0. The van der Waals surface area contributed by atoms with Crippen LogP contribution in [0.3, 0.4) is 0 Å². The highest BCUT2D eigenvalue weighted by Gasteiger charge is 2.32. The number of nitrogens with zero attached hydrogens (tertiary/aromatic N) is 3. The first-order valence-electron chi connectivity index (χ1n) is 13.8. The van der Waals surface area contributed by atoms with Crippen LogP contribution < -0.4 is 5.32 Å². The number of amides is 2. The summed E-state index contributed by atoms with van der Waals surface area (Å²) in [7, 11) is -3.63. The van der Waals surface area contributed by atoms with Gasteiger partial charge in [-0.2, -0.15) is 4.31 Å². The molecule has 2 aliphatic heterocycles. The molecule has 6 rings (SSSR count). The van der Waals surface area contributed by atoms with Gasteiger partial charge in [0.2, 0.25) is 15.9 Å². The van der Waals surface area contributed by atoms with E-state index in [0.29, 0.717) is 55.0 Å². The average Bonchev–Trinajstić information content (AvgIpc) is 3.52. The zero-order valence-electron chi connectivity index (χ0n) is 23.2. The van der Waals surface area contributed by atoms with Crippen LogP contribution in [0.15, 0.2) is 53.4 Å². The highest BCUT2D eigenvalue weighted by Crippen LogP contribution is 2.46. The third-order valence-corrected chi connectivity index (χ3v) is 11.9. The van der Waals surface area contributed by atoms with Crippen molar-refractivity contribution in [2.75, 3.05) is 25.0 Å². The summed E-state index contributed by atoms with van der Waals surface area (Å²) in [5.41, 5.74) is 3.31. The van der Waals surface area contributed by atoms with Crippen LogP contribution in [0.1, 0.15) is 48.0 Å². The quantitative estimate of drug-likeness (QED) is 0.307. The number of piperidine rings is 1. The van der Waals surface area contributed by atoms with Gasteiger partial charge in [0.1, 0.15) is 10.0 Å². The Labute approximate surface area is 248 Å². The standard InChI is InChI=1S/C30H32N4O4S3/c1-18-14-19(2)16-34(15-18)41(37,38)22-10-8-21(9-11-22)28(36)32-30-27(29-31-24-6-4-5-7-25(24)39-29)23-12-13-33(20(3)35)17-26(23)40-30/h4-11,18-19H,12-17H2,1-3H3,(H,32,36). The van der Waals surface area contributed by atoms with Crippen LogP contribution in [0, 0.1) is 11.8 Å². The summed E-state index contributed by atoms with van der Waals surface area (Å²) >= 11 is 3.06. The molecule has 0 aliphatic carbocycles. The van der Waals surface area contributed by atoms with Gasteiger partial charge < -0.3 is 10.2 Å². The summed E-state index contributed by atoms with van der Waals surface area (Å²) in [6.45, 7) is 7.87. The van der Waals surface area contributed by atoms with E-state index in [1.807, 2.05) is 29.2 Å². The minimum absolute atomic E-state index is 0.0275. The lowest BCUT2D eigenvalue weighted by Crippen LogP contribution is -2.42. The molecule has 4 heterocycles. The number of carbonyl (C=O) groups excluding carboxylic acids is 2. The number of nitrogens with one attached hydrogen (secondary N) is 1. The third-order valence-electron chi connectivity index (χ3n) is 7.83. The molecule has 2 unspecified atom stereocenters. The molecule has 1 N–H and O–H groups in total. The fourth-order valence-corrected chi connectivity index (χ4v) is 9.92. The Balaban J connectivity index is 1.29. The first-order valence-corrected chi connectivity index (χ1v) is 16.8. The van der Waals surface area contributed by atoms with E-state index in [1.54, 1.807) is 34.7 Å². The minimum Gasteiger partial charge on any atom is -0.337 e. The normalized spacial score (nSPS) is 19.7.